The van der Waals surface area contributed by atoms with Crippen molar-refractivity contribution >= 4 is 29.3 Å². The number of benzene rings is 3. The standard InChI is InChI=1S/C30H28FN5O3/c1-30(2,3)39-29(38)36-17-21-10-11-26(14-22(21)18-36)34-27(37)20-7-5-9-25(13-20)35-28-32-15-23(16-33-28)19-6-4-8-24(31)12-19/h4-16H,17-18H2,1-3H3,(H,34,37)(H,32,33,35). The smallest absolute Gasteiger partial charge is 0.410 e. The van der Waals surface area contributed by atoms with Gasteiger partial charge in [0.2, 0.25) is 5.95 Å². The van der Waals surface area contributed by atoms with Crippen molar-refractivity contribution in [3.05, 3.63) is 102 Å². The number of anilines is 3. The monoisotopic (exact) mass is 525 g/mol. The molecule has 4 aromatic rings. The van der Waals surface area contributed by atoms with Crippen LogP contribution in [0.4, 0.5) is 26.5 Å². The summed E-state index contributed by atoms with van der Waals surface area (Å²) < 4.78 is 19.0. The van der Waals surface area contributed by atoms with Crippen LogP contribution in [0.25, 0.3) is 11.1 Å². The lowest BCUT2D eigenvalue weighted by molar-refractivity contribution is 0.0241. The Morgan fingerprint density at radius 2 is 1.62 bits per heavy atom. The summed E-state index contributed by atoms with van der Waals surface area (Å²) in [7, 11) is 0. The van der Waals surface area contributed by atoms with Crippen molar-refractivity contribution in [2.24, 2.45) is 0 Å². The van der Waals surface area contributed by atoms with Gasteiger partial charge in [0.1, 0.15) is 11.4 Å². The third-order valence-corrected chi connectivity index (χ3v) is 6.03. The number of nitrogens with one attached hydrogen (secondary N) is 2. The van der Waals surface area contributed by atoms with E-state index in [1.54, 1.807) is 53.7 Å². The lowest BCUT2D eigenvalue weighted by atomic mass is 10.1. The third-order valence-electron chi connectivity index (χ3n) is 6.03. The summed E-state index contributed by atoms with van der Waals surface area (Å²) in [6.45, 7) is 6.40. The van der Waals surface area contributed by atoms with Gasteiger partial charge in [-0.05, 0) is 79.9 Å². The molecule has 2 amide bonds. The van der Waals surface area contributed by atoms with E-state index < -0.39 is 5.60 Å². The van der Waals surface area contributed by atoms with Crippen LogP contribution in [0.2, 0.25) is 0 Å². The average Bonchev–Trinajstić information content (AvgIpc) is 3.32. The Labute approximate surface area is 225 Å². The first-order valence-electron chi connectivity index (χ1n) is 12.5. The molecular formula is C30H28FN5O3. The second kappa shape index (κ2) is 10.5. The molecule has 0 bridgehead atoms. The van der Waals surface area contributed by atoms with Crippen LogP contribution in [0.1, 0.15) is 42.3 Å². The minimum Gasteiger partial charge on any atom is -0.444 e. The fraction of sp³-hybridized carbons (Fsp3) is 0.200. The molecule has 2 N–H and O–H groups in total. The molecule has 1 aliphatic rings. The molecule has 5 rings (SSSR count). The Hall–Kier alpha value is -4.79. The SMILES string of the molecule is CC(C)(C)OC(=O)N1Cc2ccc(NC(=O)c3cccc(Nc4ncc(-c5cccc(F)c5)cn4)c3)cc2C1. The molecule has 9 heteroatoms. The summed E-state index contributed by atoms with van der Waals surface area (Å²) in [5.74, 6) is -0.253. The molecule has 1 aliphatic heterocycles. The van der Waals surface area contributed by atoms with Crippen LogP contribution in [0.5, 0.6) is 0 Å². The van der Waals surface area contributed by atoms with Crippen molar-refractivity contribution in [2.45, 2.75) is 39.5 Å². The number of carbonyl (C=O) groups is 2. The van der Waals surface area contributed by atoms with Gasteiger partial charge in [-0.3, -0.25) is 9.69 Å². The van der Waals surface area contributed by atoms with E-state index in [4.69, 9.17) is 4.74 Å². The van der Waals surface area contributed by atoms with Gasteiger partial charge in [-0.1, -0.05) is 24.3 Å². The number of hydrogen-bond acceptors (Lipinski definition) is 6. The molecule has 198 valence electrons. The van der Waals surface area contributed by atoms with Crippen LogP contribution in [-0.2, 0) is 17.8 Å². The van der Waals surface area contributed by atoms with Crippen molar-refractivity contribution in [2.75, 3.05) is 10.6 Å². The van der Waals surface area contributed by atoms with Crippen molar-refractivity contribution in [1.29, 1.82) is 0 Å². The predicted molar refractivity (Wildman–Crippen MR) is 147 cm³/mol. The van der Waals surface area contributed by atoms with Gasteiger partial charge in [-0.15, -0.1) is 0 Å². The second-order valence-electron chi connectivity index (χ2n) is 10.3. The van der Waals surface area contributed by atoms with Crippen LogP contribution in [0.15, 0.2) is 79.1 Å². The molecule has 0 fully saturated rings. The molecule has 2 heterocycles. The van der Waals surface area contributed by atoms with E-state index >= 15 is 0 Å². The Morgan fingerprint density at radius 3 is 2.36 bits per heavy atom. The van der Waals surface area contributed by atoms with E-state index in [9.17, 15) is 14.0 Å². The molecule has 8 nitrogen and oxygen atoms in total. The fourth-order valence-electron chi connectivity index (χ4n) is 4.21. The van der Waals surface area contributed by atoms with E-state index in [2.05, 4.69) is 20.6 Å². The van der Waals surface area contributed by atoms with Crippen molar-refractivity contribution < 1.29 is 18.7 Å². The number of hydrogen-bond donors (Lipinski definition) is 2. The molecule has 0 spiro atoms. The molecule has 0 saturated heterocycles. The van der Waals surface area contributed by atoms with Crippen LogP contribution >= 0.6 is 0 Å². The van der Waals surface area contributed by atoms with Crippen molar-refractivity contribution in [3.8, 4) is 11.1 Å². The maximum atomic E-state index is 13.5. The number of rotatable bonds is 5. The summed E-state index contributed by atoms with van der Waals surface area (Å²) in [4.78, 5) is 35.7. The van der Waals surface area contributed by atoms with E-state index in [0.717, 1.165) is 11.1 Å². The zero-order chi connectivity index (χ0) is 27.6. The topological polar surface area (TPSA) is 96.5 Å². The van der Waals surface area contributed by atoms with Crippen LogP contribution in [-0.4, -0.2) is 32.5 Å². The average molecular weight is 526 g/mol. The maximum Gasteiger partial charge on any atom is 0.410 e. The van der Waals surface area contributed by atoms with Crippen LogP contribution < -0.4 is 10.6 Å². The van der Waals surface area contributed by atoms with Gasteiger partial charge in [-0.2, -0.15) is 0 Å². The Bertz CT molecular complexity index is 1530. The Balaban J connectivity index is 1.22. The van der Waals surface area contributed by atoms with Gasteiger partial charge in [-0.25, -0.2) is 19.2 Å². The van der Waals surface area contributed by atoms with Gasteiger partial charge in [0.25, 0.3) is 5.91 Å². The van der Waals surface area contributed by atoms with E-state index in [1.165, 1.54) is 12.1 Å². The number of amides is 2. The molecule has 3 aromatic carbocycles. The third kappa shape index (κ3) is 6.38. The number of carbonyl (C=O) groups excluding carboxylic acids is 2. The summed E-state index contributed by atoms with van der Waals surface area (Å²) in [6.07, 6.45) is 2.86. The predicted octanol–water partition coefficient (Wildman–Crippen LogP) is 6.53. The molecule has 0 radical (unpaired) electrons. The molecule has 0 unspecified atom stereocenters. The Kier molecular flexibility index (Phi) is 6.98. The first-order valence-corrected chi connectivity index (χ1v) is 12.5. The first kappa shape index (κ1) is 25.8. The van der Waals surface area contributed by atoms with Gasteiger partial charge in [0.15, 0.2) is 0 Å². The molecular weight excluding hydrogens is 497 g/mol. The quantitative estimate of drug-likeness (QED) is 0.308. The minimum atomic E-state index is -0.563. The van der Waals surface area contributed by atoms with Crippen LogP contribution in [0, 0.1) is 5.82 Å². The number of ether oxygens (including phenoxy) is 1. The number of nitrogens with zero attached hydrogens (tertiary/aromatic N) is 3. The zero-order valence-corrected chi connectivity index (χ0v) is 21.9. The molecule has 0 saturated carbocycles. The zero-order valence-electron chi connectivity index (χ0n) is 21.9. The summed E-state index contributed by atoms with van der Waals surface area (Å²) in [5, 5.41) is 6.02. The number of fused-ring (bicyclic) bond motifs is 1. The molecule has 1 aromatic heterocycles. The Morgan fingerprint density at radius 1 is 0.872 bits per heavy atom. The lowest BCUT2D eigenvalue weighted by Gasteiger charge is -2.24. The highest BCUT2D eigenvalue weighted by atomic mass is 19.1. The second-order valence-corrected chi connectivity index (χ2v) is 10.3. The van der Waals surface area contributed by atoms with Gasteiger partial charge in [0, 0.05) is 48.0 Å². The maximum absolute atomic E-state index is 13.5. The molecule has 0 aliphatic carbocycles. The molecule has 0 atom stereocenters. The summed E-state index contributed by atoms with van der Waals surface area (Å²) in [5.41, 5.74) is 4.53. The van der Waals surface area contributed by atoms with E-state index in [1.807, 2.05) is 39.0 Å². The van der Waals surface area contributed by atoms with Gasteiger partial charge >= 0.3 is 6.09 Å². The largest absolute Gasteiger partial charge is 0.444 e. The van der Waals surface area contributed by atoms with E-state index in [0.29, 0.717) is 47.1 Å². The van der Waals surface area contributed by atoms with Gasteiger partial charge < -0.3 is 15.4 Å². The summed E-state index contributed by atoms with van der Waals surface area (Å²) >= 11 is 0. The highest BCUT2D eigenvalue weighted by Crippen LogP contribution is 2.28. The fourth-order valence-corrected chi connectivity index (χ4v) is 4.21. The number of aromatic nitrogens is 2. The summed E-state index contributed by atoms with van der Waals surface area (Å²) in [6, 6.07) is 18.8. The molecule has 39 heavy (non-hydrogen) atoms. The lowest BCUT2D eigenvalue weighted by Crippen LogP contribution is -2.33. The highest BCUT2D eigenvalue weighted by Gasteiger charge is 2.28. The normalized spacial score (nSPS) is 12.6. The minimum absolute atomic E-state index is 0.275. The van der Waals surface area contributed by atoms with Crippen LogP contribution in [0.3, 0.4) is 0 Å². The van der Waals surface area contributed by atoms with Crippen molar-refractivity contribution in [1.82, 2.24) is 14.9 Å². The highest BCUT2D eigenvalue weighted by molar-refractivity contribution is 6.05. The van der Waals surface area contributed by atoms with Crippen molar-refractivity contribution in [3.63, 3.8) is 0 Å². The van der Waals surface area contributed by atoms with E-state index in [-0.39, 0.29) is 17.8 Å². The number of halogens is 1. The van der Waals surface area contributed by atoms with Gasteiger partial charge in [0.05, 0.1) is 0 Å². The first-order chi connectivity index (χ1) is 18.6.